The van der Waals surface area contributed by atoms with Crippen LogP contribution in [-0.2, 0) is 0 Å². The van der Waals surface area contributed by atoms with Gasteiger partial charge in [0.15, 0.2) is 5.76 Å². The van der Waals surface area contributed by atoms with Gasteiger partial charge in [-0.05, 0) is 36.8 Å². The topological polar surface area (TPSA) is 107 Å². The Morgan fingerprint density at radius 1 is 1.28 bits per heavy atom. The zero-order chi connectivity index (χ0) is 20.2. The third-order valence-corrected chi connectivity index (χ3v) is 4.65. The molecule has 9 heteroatoms. The largest absolute Gasteiger partial charge is 0.493 e. The van der Waals surface area contributed by atoms with E-state index in [9.17, 15) is 9.50 Å². The van der Waals surface area contributed by atoms with Gasteiger partial charge in [-0.25, -0.2) is 4.39 Å². The summed E-state index contributed by atoms with van der Waals surface area (Å²) in [6, 6.07) is 8.11. The zero-order valence-electron chi connectivity index (χ0n) is 15.4. The lowest BCUT2D eigenvalue weighted by Gasteiger charge is -2.18. The van der Waals surface area contributed by atoms with Crippen LogP contribution < -0.4 is 15.0 Å². The van der Waals surface area contributed by atoms with Gasteiger partial charge in [0.05, 0.1) is 23.3 Å². The van der Waals surface area contributed by atoms with Crippen molar-refractivity contribution >= 4 is 22.8 Å². The Labute approximate surface area is 166 Å². The SMILES string of the molecule is N=C/C(=C\N[C@H]1CCN(c2ccc(F)cc2)C1)Oc1nc(O)c2ccncc2n1. The molecule has 0 spiro atoms. The normalized spacial score (nSPS) is 16.8. The van der Waals surface area contributed by atoms with Crippen molar-refractivity contribution in [3.05, 3.63) is 60.5 Å². The first-order valence-corrected chi connectivity index (χ1v) is 9.08. The van der Waals surface area contributed by atoms with Crippen LogP contribution in [0.3, 0.4) is 0 Å². The highest BCUT2D eigenvalue weighted by molar-refractivity contribution is 5.82. The number of ether oxygens (including phenoxy) is 1. The van der Waals surface area contributed by atoms with Crippen LogP contribution in [0.2, 0.25) is 0 Å². The zero-order valence-corrected chi connectivity index (χ0v) is 15.4. The fourth-order valence-electron chi connectivity index (χ4n) is 3.18. The molecule has 1 saturated heterocycles. The average molecular weight is 394 g/mol. The summed E-state index contributed by atoms with van der Waals surface area (Å²) in [7, 11) is 0. The van der Waals surface area contributed by atoms with E-state index in [0.29, 0.717) is 10.9 Å². The Morgan fingerprint density at radius 2 is 2.10 bits per heavy atom. The quantitative estimate of drug-likeness (QED) is 0.436. The number of pyridine rings is 1. The van der Waals surface area contributed by atoms with Crippen LogP contribution in [0.4, 0.5) is 10.1 Å². The van der Waals surface area contributed by atoms with E-state index in [1.807, 2.05) is 0 Å². The molecule has 1 atom stereocenters. The van der Waals surface area contributed by atoms with E-state index in [1.54, 1.807) is 24.4 Å². The minimum absolute atomic E-state index is 0.0705. The van der Waals surface area contributed by atoms with Crippen LogP contribution in [0.25, 0.3) is 10.9 Å². The van der Waals surface area contributed by atoms with Crippen LogP contribution in [0.15, 0.2) is 54.7 Å². The molecule has 3 N–H and O–H groups in total. The summed E-state index contributed by atoms with van der Waals surface area (Å²) in [6.45, 7) is 1.58. The molecule has 4 rings (SSSR count). The molecule has 8 nitrogen and oxygen atoms in total. The lowest BCUT2D eigenvalue weighted by molar-refractivity contribution is 0.393. The van der Waals surface area contributed by atoms with Gasteiger partial charge in [0.25, 0.3) is 0 Å². The van der Waals surface area contributed by atoms with Gasteiger partial charge in [-0.2, -0.15) is 9.97 Å². The Balaban J connectivity index is 1.41. The number of allylic oxidation sites excluding steroid dienone is 1. The monoisotopic (exact) mass is 394 g/mol. The Morgan fingerprint density at radius 3 is 2.90 bits per heavy atom. The molecule has 3 aromatic rings. The number of aromatic nitrogens is 3. The average Bonchev–Trinajstić information content (AvgIpc) is 3.21. The van der Waals surface area contributed by atoms with Crippen LogP contribution in [-0.4, -0.2) is 45.4 Å². The molecule has 1 aliphatic heterocycles. The number of fused-ring (bicyclic) bond motifs is 1. The number of anilines is 1. The summed E-state index contributed by atoms with van der Waals surface area (Å²) >= 11 is 0. The maximum Gasteiger partial charge on any atom is 0.326 e. The van der Waals surface area contributed by atoms with Crippen molar-refractivity contribution in [3.8, 4) is 11.9 Å². The summed E-state index contributed by atoms with van der Waals surface area (Å²) in [5.41, 5.74) is 1.41. The van der Waals surface area contributed by atoms with Gasteiger partial charge < -0.3 is 25.5 Å². The minimum atomic E-state index is -0.254. The number of aromatic hydroxyl groups is 1. The van der Waals surface area contributed by atoms with E-state index in [4.69, 9.17) is 10.1 Å². The van der Waals surface area contributed by atoms with Crippen LogP contribution in [0.5, 0.6) is 11.9 Å². The van der Waals surface area contributed by atoms with E-state index in [0.717, 1.165) is 31.4 Å². The number of halogens is 1. The van der Waals surface area contributed by atoms with Crippen molar-refractivity contribution in [2.75, 3.05) is 18.0 Å². The highest BCUT2D eigenvalue weighted by Crippen LogP contribution is 2.23. The second kappa shape index (κ2) is 8.09. The summed E-state index contributed by atoms with van der Waals surface area (Å²) in [6.07, 6.45) is 6.54. The number of nitrogens with zero attached hydrogens (tertiary/aromatic N) is 4. The fourth-order valence-corrected chi connectivity index (χ4v) is 3.18. The number of hydrogen-bond acceptors (Lipinski definition) is 8. The molecule has 2 aromatic heterocycles. The molecule has 29 heavy (non-hydrogen) atoms. The van der Waals surface area contributed by atoms with E-state index in [1.165, 1.54) is 24.5 Å². The number of hydrogen-bond donors (Lipinski definition) is 3. The van der Waals surface area contributed by atoms with Gasteiger partial charge in [-0.3, -0.25) is 4.98 Å². The Bertz CT molecular complexity index is 1060. The molecule has 0 amide bonds. The van der Waals surface area contributed by atoms with Crippen molar-refractivity contribution in [2.24, 2.45) is 0 Å². The number of benzene rings is 1. The van der Waals surface area contributed by atoms with Crippen molar-refractivity contribution in [1.29, 1.82) is 5.41 Å². The number of rotatable bonds is 6. The molecule has 148 valence electrons. The van der Waals surface area contributed by atoms with Crippen molar-refractivity contribution < 1.29 is 14.2 Å². The van der Waals surface area contributed by atoms with Crippen LogP contribution in [0.1, 0.15) is 6.42 Å². The minimum Gasteiger partial charge on any atom is -0.493 e. The van der Waals surface area contributed by atoms with Crippen molar-refractivity contribution in [2.45, 2.75) is 12.5 Å². The lowest BCUT2D eigenvalue weighted by atomic mass is 10.2. The third-order valence-electron chi connectivity index (χ3n) is 4.65. The van der Waals surface area contributed by atoms with Crippen molar-refractivity contribution in [1.82, 2.24) is 20.3 Å². The summed E-state index contributed by atoms with van der Waals surface area (Å²) in [5.74, 6) is -0.264. The predicted octanol–water partition coefficient (Wildman–Crippen LogP) is 2.61. The molecule has 0 saturated carbocycles. The Hall–Kier alpha value is -3.75. The van der Waals surface area contributed by atoms with Gasteiger partial charge in [-0.1, -0.05) is 0 Å². The summed E-state index contributed by atoms with van der Waals surface area (Å²) < 4.78 is 18.6. The van der Waals surface area contributed by atoms with E-state index in [-0.39, 0.29) is 29.5 Å². The van der Waals surface area contributed by atoms with Gasteiger partial charge in [-0.15, -0.1) is 0 Å². The third kappa shape index (κ3) is 4.23. The Kier molecular flexibility index (Phi) is 5.19. The molecular formula is C20H19FN6O2. The van der Waals surface area contributed by atoms with E-state index >= 15 is 0 Å². The van der Waals surface area contributed by atoms with Gasteiger partial charge in [0.2, 0.25) is 5.88 Å². The van der Waals surface area contributed by atoms with E-state index in [2.05, 4.69) is 25.2 Å². The molecule has 1 aliphatic rings. The smallest absolute Gasteiger partial charge is 0.326 e. The molecule has 1 aromatic carbocycles. The van der Waals surface area contributed by atoms with E-state index < -0.39 is 0 Å². The maximum atomic E-state index is 13.1. The van der Waals surface area contributed by atoms with Gasteiger partial charge in [0.1, 0.15) is 5.82 Å². The molecule has 1 fully saturated rings. The first-order valence-electron chi connectivity index (χ1n) is 9.08. The van der Waals surface area contributed by atoms with Crippen LogP contribution in [0, 0.1) is 11.2 Å². The molecule has 0 bridgehead atoms. The second-order valence-electron chi connectivity index (χ2n) is 6.59. The second-order valence-corrected chi connectivity index (χ2v) is 6.59. The van der Waals surface area contributed by atoms with Gasteiger partial charge >= 0.3 is 6.01 Å². The summed E-state index contributed by atoms with van der Waals surface area (Å²) in [4.78, 5) is 14.2. The van der Waals surface area contributed by atoms with Crippen LogP contribution >= 0.6 is 0 Å². The number of nitrogens with one attached hydrogen (secondary N) is 2. The highest BCUT2D eigenvalue weighted by atomic mass is 19.1. The molecule has 0 radical (unpaired) electrons. The highest BCUT2D eigenvalue weighted by Gasteiger charge is 2.22. The molecule has 3 heterocycles. The molecule has 0 aliphatic carbocycles. The van der Waals surface area contributed by atoms with Crippen molar-refractivity contribution in [3.63, 3.8) is 0 Å². The maximum absolute atomic E-state index is 13.1. The standard InChI is InChI=1S/C20H19FN6O2/c21-13-1-3-15(4-2-13)27-8-6-14(12-27)24-10-16(9-22)29-20-25-18-11-23-7-5-17(18)19(28)26-20/h1-5,7,9-11,14,22,24H,6,8,12H2,(H,25,26,28)/b16-10+,22-9?/t14-/m0/s1. The molecule has 0 unspecified atom stereocenters. The molecular weight excluding hydrogens is 375 g/mol. The predicted molar refractivity (Wildman–Crippen MR) is 107 cm³/mol. The first-order chi connectivity index (χ1) is 14.1. The lowest BCUT2D eigenvalue weighted by Crippen LogP contribution is -2.29. The summed E-state index contributed by atoms with van der Waals surface area (Å²) in [5, 5.41) is 21.3. The van der Waals surface area contributed by atoms with Gasteiger partial charge in [0, 0.05) is 37.2 Å². The fraction of sp³-hybridized carbons (Fsp3) is 0.200. The first kappa shape index (κ1) is 18.6.